The standard InChI is InChI=1S/C22H30N4O2S2/c1-15-6-8-18(9-7-15)23-20(27)14-29-17(3)21(28)25-22-24-19(13-30-22)12-26-10-4-5-16(2)11-26/h6-9,13,16-17H,4-5,10-12,14H2,1-3H3,(H,23,27)(H,24,25,28). The second-order valence-electron chi connectivity index (χ2n) is 7.98. The molecule has 1 aromatic heterocycles. The molecule has 2 atom stereocenters. The number of piperidine rings is 1. The van der Waals surface area contributed by atoms with Crippen molar-refractivity contribution in [1.29, 1.82) is 0 Å². The van der Waals surface area contributed by atoms with Gasteiger partial charge in [-0.1, -0.05) is 24.6 Å². The minimum atomic E-state index is -0.343. The number of nitrogens with one attached hydrogen (secondary N) is 2. The minimum absolute atomic E-state index is 0.115. The number of thiazole rings is 1. The lowest BCUT2D eigenvalue weighted by Gasteiger charge is -2.30. The van der Waals surface area contributed by atoms with E-state index in [-0.39, 0.29) is 22.8 Å². The Morgan fingerprint density at radius 2 is 2.07 bits per heavy atom. The Bertz CT molecular complexity index is 853. The minimum Gasteiger partial charge on any atom is -0.325 e. The number of aromatic nitrogens is 1. The Hall–Kier alpha value is -1.90. The molecule has 1 aliphatic rings. The third kappa shape index (κ3) is 7.11. The predicted molar refractivity (Wildman–Crippen MR) is 126 cm³/mol. The van der Waals surface area contributed by atoms with Gasteiger partial charge in [-0.05, 0) is 51.3 Å². The van der Waals surface area contributed by atoms with E-state index >= 15 is 0 Å². The zero-order valence-electron chi connectivity index (χ0n) is 17.8. The molecular weight excluding hydrogens is 416 g/mol. The van der Waals surface area contributed by atoms with Crippen LogP contribution >= 0.6 is 23.1 Å². The average molecular weight is 447 g/mol. The van der Waals surface area contributed by atoms with E-state index in [0.29, 0.717) is 5.13 Å². The van der Waals surface area contributed by atoms with Crippen LogP contribution in [0.2, 0.25) is 0 Å². The molecule has 1 fully saturated rings. The van der Waals surface area contributed by atoms with Crippen LogP contribution in [0.25, 0.3) is 0 Å². The van der Waals surface area contributed by atoms with Crippen molar-refractivity contribution in [1.82, 2.24) is 9.88 Å². The molecule has 1 aliphatic heterocycles. The summed E-state index contributed by atoms with van der Waals surface area (Å²) in [7, 11) is 0. The van der Waals surface area contributed by atoms with Crippen LogP contribution in [0.1, 0.15) is 37.9 Å². The molecule has 0 bridgehead atoms. The van der Waals surface area contributed by atoms with Gasteiger partial charge >= 0.3 is 0 Å². The zero-order valence-corrected chi connectivity index (χ0v) is 19.4. The summed E-state index contributed by atoms with van der Waals surface area (Å²) >= 11 is 2.77. The fourth-order valence-corrected chi connectivity index (χ4v) is 4.80. The van der Waals surface area contributed by atoms with Gasteiger partial charge in [-0.3, -0.25) is 14.5 Å². The van der Waals surface area contributed by atoms with E-state index in [1.54, 1.807) is 0 Å². The molecule has 1 saturated heterocycles. The Labute approximate surface area is 186 Å². The van der Waals surface area contributed by atoms with Gasteiger partial charge in [-0.25, -0.2) is 4.98 Å². The number of hydrogen-bond donors (Lipinski definition) is 2. The number of hydrogen-bond acceptors (Lipinski definition) is 6. The van der Waals surface area contributed by atoms with Gasteiger partial charge in [0.05, 0.1) is 16.7 Å². The van der Waals surface area contributed by atoms with Gasteiger partial charge in [-0.2, -0.15) is 0 Å². The van der Waals surface area contributed by atoms with Gasteiger partial charge in [0, 0.05) is 24.2 Å². The molecule has 2 amide bonds. The van der Waals surface area contributed by atoms with Crippen LogP contribution in [-0.2, 0) is 16.1 Å². The van der Waals surface area contributed by atoms with Crippen LogP contribution in [0.5, 0.6) is 0 Å². The Kier molecular flexibility index (Phi) is 8.30. The van der Waals surface area contributed by atoms with Crippen molar-refractivity contribution < 1.29 is 9.59 Å². The fraction of sp³-hybridized carbons (Fsp3) is 0.500. The second-order valence-corrected chi connectivity index (χ2v) is 10.2. The van der Waals surface area contributed by atoms with Gasteiger partial charge in [0.1, 0.15) is 0 Å². The summed E-state index contributed by atoms with van der Waals surface area (Å²) in [6, 6.07) is 7.65. The molecular formula is C22H30N4O2S2. The lowest BCUT2D eigenvalue weighted by atomic mass is 10.0. The van der Waals surface area contributed by atoms with Crippen LogP contribution in [0.15, 0.2) is 29.6 Å². The van der Waals surface area contributed by atoms with Crippen LogP contribution < -0.4 is 10.6 Å². The van der Waals surface area contributed by atoms with Crippen molar-refractivity contribution in [2.75, 3.05) is 29.5 Å². The molecule has 2 aromatic rings. The first kappa shape index (κ1) is 22.8. The Morgan fingerprint density at radius 3 is 2.80 bits per heavy atom. The number of carbonyl (C=O) groups excluding carboxylic acids is 2. The van der Waals surface area contributed by atoms with E-state index in [1.165, 1.54) is 35.9 Å². The van der Waals surface area contributed by atoms with Crippen LogP contribution in [0.4, 0.5) is 10.8 Å². The lowest BCUT2D eigenvalue weighted by Crippen LogP contribution is -2.33. The maximum absolute atomic E-state index is 12.5. The van der Waals surface area contributed by atoms with Crippen molar-refractivity contribution >= 4 is 45.7 Å². The van der Waals surface area contributed by atoms with Gasteiger partial charge in [0.2, 0.25) is 11.8 Å². The fourth-order valence-electron chi connectivity index (χ4n) is 3.41. The highest BCUT2D eigenvalue weighted by Gasteiger charge is 2.19. The normalized spacial score (nSPS) is 18.0. The number of nitrogens with zero attached hydrogens (tertiary/aromatic N) is 2. The second kappa shape index (κ2) is 10.9. The zero-order chi connectivity index (χ0) is 21.5. The molecule has 6 nitrogen and oxygen atoms in total. The average Bonchev–Trinajstić information content (AvgIpc) is 3.14. The molecule has 2 N–H and O–H groups in total. The molecule has 0 aliphatic carbocycles. The van der Waals surface area contributed by atoms with Crippen molar-refractivity contribution in [2.45, 2.75) is 45.4 Å². The molecule has 0 saturated carbocycles. The van der Waals surface area contributed by atoms with Gasteiger partial charge in [0.25, 0.3) is 0 Å². The number of carbonyl (C=O) groups is 2. The summed E-state index contributed by atoms with van der Waals surface area (Å²) in [5.41, 5.74) is 2.91. The highest BCUT2D eigenvalue weighted by atomic mass is 32.2. The molecule has 2 unspecified atom stereocenters. The van der Waals surface area contributed by atoms with E-state index in [4.69, 9.17) is 0 Å². The van der Waals surface area contributed by atoms with E-state index < -0.39 is 0 Å². The van der Waals surface area contributed by atoms with E-state index in [0.717, 1.165) is 42.5 Å². The number of rotatable bonds is 8. The summed E-state index contributed by atoms with van der Waals surface area (Å²) in [4.78, 5) is 31.6. The number of benzene rings is 1. The van der Waals surface area contributed by atoms with Crippen LogP contribution in [-0.4, -0.2) is 45.8 Å². The summed E-state index contributed by atoms with van der Waals surface area (Å²) < 4.78 is 0. The maximum Gasteiger partial charge on any atom is 0.239 e. The maximum atomic E-state index is 12.5. The van der Waals surface area contributed by atoms with Gasteiger partial charge in [0.15, 0.2) is 5.13 Å². The number of aryl methyl sites for hydroxylation is 1. The molecule has 162 valence electrons. The van der Waals surface area contributed by atoms with Crippen molar-refractivity contribution in [3.63, 3.8) is 0 Å². The monoisotopic (exact) mass is 446 g/mol. The molecule has 0 radical (unpaired) electrons. The van der Waals surface area contributed by atoms with Gasteiger partial charge in [-0.15, -0.1) is 23.1 Å². The van der Waals surface area contributed by atoms with E-state index in [9.17, 15) is 9.59 Å². The first-order valence-electron chi connectivity index (χ1n) is 10.3. The van der Waals surface area contributed by atoms with Crippen molar-refractivity contribution in [3.8, 4) is 0 Å². The number of thioether (sulfide) groups is 1. The number of amides is 2. The van der Waals surface area contributed by atoms with Crippen LogP contribution in [0, 0.1) is 12.8 Å². The number of likely N-dealkylation sites (tertiary alicyclic amines) is 1. The predicted octanol–water partition coefficient (Wildman–Crippen LogP) is 4.38. The van der Waals surface area contributed by atoms with E-state index in [1.807, 2.05) is 43.5 Å². The highest BCUT2D eigenvalue weighted by Crippen LogP contribution is 2.22. The van der Waals surface area contributed by atoms with Crippen molar-refractivity contribution in [2.24, 2.45) is 5.92 Å². The molecule has 8 heteroatoms. The van der Waals surface area contributed by atoms with Crippen LogP contribution in [0.3, 0.4) is 0 Å². The Balaban J connectivity index is 1.41. The first-order valence-corrected chi connectivity index (χ1v) is 12.3. The van der Waals surface area contributed by atoms with E-state index in [2.05, 4.69) is 27.4 Å². The highest BCUT2D eigenvalue weighted by molar-refractivity contribution is 8.01. The number of anilines is 2. The largest absolute Gasteiger partial charge is 0.325 e. The third-order valence-electron chi connectivity index (χ3n) is 5.08. The Morgan fingerprint density at radius 1 is 1.30 bits per heavy atom. The lowest BCUT2D eigenvalue weighted by molar-refractivity contribution is -0.115. The summed E-state index contributed by atoms with van der Waals surface area (Å²) in [6.45, 7) is 9.16. The summed E-state index contributed by atoms with van der Waals surface area (Å²) in [5, 5.41) is 8.03. The third-order valence-corrected chi connectivity index (χ3v) is 7.03. The van der Waals surface area contributed by atoms with Gasteiger partial charge < -0.3 is 10.6 Å². The summed E-state index contributed by atoms with van der Waals surface area (Å²) in [5.74, 6) is 0.711. The molecule has 30 heavy (non-hydrogen) atoms. The SMILES string of the molecule is Cc1ccc(NC(=O)CSC(C)C(=O)Nc2nc(CN3CCCC(C)C3)cs2)cc1. The molecule has 2 heterocycles. The first-order chi connectivity index (χ1) is 14.4. The van der Waals surface area contributed by atoms with Crippen molar-refractivity contribution in [3.05, 3.63) is 40.9 Å². The molecule has 1 aromatic carbocycles. The quantitative estimate of drug-likeness (QED) is 0.629. The molecule has 3 rings (SSSR count). The molecule has 0 spiro atoms. The summed E-state index contributed by atoms with van der Waals surface area (Å²) in [6.07, 6.45) is 2.54. The smallest absolute Gasteiger partial charge is 0.239 e. The topological polar surface area (TPSA) is 74.3 Å².